The molecule has 5 heteroatoms. The van der Waals surface area contributed by atoms with Gasteiger partial charge in [0.1, 0.15) is 5.84 Å². The highest BCUT2D eigenvalue weighted by atomic mass is 16.2. The molecule has 0 saturated carbocycles. The number of carbonyl (C=O) groups is 1. The molecule has 0 radical (unpaired) electrons. The van der Waals surface area contributed by atoms with Crippen molar-refractivity contribution in [2.75, 3.05) is 7.05 Å². The van der Waals surface area contributed by atoms with Crippen molar-refractivity contribution in [3.63, 3.8) is 0 Å². The van der Waals surface area contributed by atoms with E-state index in [2.05, 4.69) is 10.6 Å². The normalized spacial score (nSPS) is 12.3. The van der Waals surface area contributed by atoms with Crippen LogP contribution >= 0.6 is 0 Å². The molecule has 5 nitrogen and oxygen atoms in total. The Hall–Kier alpha value is -1.26. The van der Waals surface area contributed by atoms with E-state index in [-0.39, 0.29) is 23.8 Å². The maximum Gasteiger partial charge on any atom is 0.315 e. The van der Waals surface area contributed by atoms with E-state index in [9.17, 15) is 4.79 Å². The highest BCUT2D eigenvalue weighted by molar-refractivity contribution is 5.87. The van der Waals surface area contributed by atoms with E-state index in [1.54, 1.807) is 0 Å². The van der Waals surface area contributed by atoms with Gasteiger partial charge in [-0.2, -0.15) is 0 Å². The van der Waals surface area contributed by atoms with Crippen LogP contribution in [0.4, 0.5) is 4.79 Å². The lowest BCUT2D eigenvalue weighted by molar-refractivity contribution is 0.239. The molecule has 0 fully saturated rings. The largest absolute Gasteiger partial charge is 0.386 e. The Kier molecular flexibility index (Phi) is 4.10. The van der Waals surface area contributed by atoms with Crippen LogP contribution in [0.5, 0.6) is 0 Å². The molecule has 0 aromatic rings. The van der Waals surface area contributed by atoms with Crippen molar-refractivity contribution < 1.29 is 4.79 Å². The van der Waals surface area contributed by atoms with Crippen LogP contribution in [-0.2, 0) is 0 Å². The predicted molar refractivity (Wildman–Crippen MR) is 48.1 cm³/mol. The number of hydrogen-bond acceptors (Lipinski definition) is 2. The smallest absolute Gasteiger partial charge is 0.315 e. The van der Waals surface area contributed by atoms with E-state index in [0.29, 0.717) is 0 Å². The first kappa shape index (κ1) is 10.7. The molecule has 0 aliphatic heterocycles. The quantitative estimate of drug-likeness (QED) is 0.353. The first-order valence-corrected chi connectivity index (χ1v) is 3.81. The Labute approximate surface area is 72.2 Å². The second kappa shape index (κ2) is 4.58. The van der Waals surface area contributed by atoms with Crippen molar-refractivity contribution in [1.82, 2.24) is 10.6 Å². The molecular formula is C7H16N4O. The zero-order valence-electron chi connectivity index (χ0n) is 7.64. The van der Waals surface area contributed by atoms with Gasteiger partial charge in [-0.15, -0.1) is 0 Å². The van der Waals surface area contributed by atoms with Crippen molar-refractivity contribution >= 4 is 11.9 Å². The van der Waals surface area contributed by atoms with Crippen LogP contribution in [-0.4, -0.2) is 25.0 Å². The first-order chi connectivity index (χ1) is 5.49. The van der Waals surface area contributed by atoms with Gasteiger partial charge in [0.05, 0.1) is 6.04 Å². The topological polar surface area (TPSA) is 91.0 Å². The van der Waals surface area contributed by atoms with Gasteiger partial charge in [0, 0.05) is 7.05 Å². The summed E-state index contributed by atoms with van der Waals surface area (Å²) in [5.74, 6) is 0.105. The van der Waals surface area contributed by atoms with Gasteiger partial charge in [-0.1, -0.05) is 13.8 Å². The standard InChI is InChI=1S/C7H16N4O/c1-4(2)5(6(8)9)11-7(12)10-3/h4-5H,1-3H3,(H3,8,9)(H2,10,11,12). The summed E-state index contributed by atoms with van der Waals surface area (Å²) in [6, 6.07) is -0.700. The van der Waals surface area contributed by atoms with Gasteiger partial charge in [-0.05, 0) is 5.92 Å². The monoisotopic (exact) mass is 172 g/mol. The molecule has 70 valence electrons. The van der Waals surface area contributed by atoms with Crippen molar-refractivity contribution in [2.45, 2.75) is 19.9 Å². The molecule has 0 aliphatic carbocycles. The van der Waals surface area contributed by atoms with E-state index < -0.39 is 0 Å². The summed E-state index contributed by atoms with van der Waals surface area (Å²) < 4.78 is 0. The highest BCUT2D eigenvalue weighted by Gasteiger charge is 2.17. The molecular weight excluding hydrogens is 156 g/mol. The average Bonchev–Trinajstić information content (AvgIpc) is 1.98. The van der Waals surface area contributed by atoms with Gasteiger partial charge in [0.15, 0.2) is 0 Å². The van der Waals surface area contributed by atoms with Crippen LogP contribution < -0.4 is 16.4 Å². The fourth-order valence-electron chi connectivity index (χ4n) is 0.817. The molecule has 0 bridgehead atoms. The van der Waals surface area contributed by atoms with E-state index >= 15 is 0 Å². The summed E-state index contributed by atoms with van der Waals surface area (Å²) in [4.78, 5) is 10.9. The predicted octanol–water partition coefficient (Wildman–Crippen LogP) is -0.124. The molecule has 0 heterocycles. The lowest BCUT2D eigenvalue weighted by Gasteiger charge is -2.20. The summed E-state index contributed by atoms with van der Waals surface area (Å²) >= 11 is 0. The fourth-order valence-corrected chi connectivity index (χ4v) is 0.817. The SMILES string of the molecule is CNC(=O)NC(C(=N)N)C(C)C. The molecule has 5 N–H and O–H groups in total. The molecule has 12 heavy (non-hydrogen) atoms. The average molecular weight is 172 g/mol. The number of hydrogen-bond donors (Lipinski definition) is 4. The van der Waals surface area contributed by atoms with Crippen molar-refractivity contribution in [1.29, 1.82) is 5.41 Å². The Morgan fingerprint density at radius 2 is 2.00 bits per heavy atom. The second-order valence-corrected chi connectivity index (χ2v) is 2.90. The van der Waals surface area contributed by atoms with Crippen LogP contribution in [0.1, 0.15) is 13.8 Å². The van der Waals surface area contributed by atoms with E-state index in [1.165, 1.54) is 7.05 Å². The van der Waals surface area contributed by atoms with Crippen molar-refractivity contribution in [3.8, 4) is 0 Å². The molecule has 0 aromatic carbocycles. The Morgan fingerprint density at radius 3 is 2.25 bits per heavy atom. The van der Waals surface area contributed by atoms with E-state index in [1.807, 2.05) is 13.8 Å². The third-order valence-corrected chi connectivity index (χ3v) is 1.52. The number of nitrogens with two attached hydrogens (primary N) is 1. The minimum absolute atomic E-state index is 0.0198. The third-order valence-electron chi connectivity index (χ3n) is 1.52. The summed E-state index contributed by atoms with van der Waals surface area (Å²) in [7, 11) is 1.52. The Morgan fingerprint density at radius 1 is 1.50 bits per heavy atom. The van der Waals surface area contributed by atoms with Gasteiger partial charge in [0.25, 0.3) is 0 Å². The zero-order valence-corrected chi connectivity index (χ0v) is 7.64. The van der Waals surface area contributed by atoms with Crippen LogP contribution in [0, 0.1) is 11.3 Å². The number of nitrogens with one attached hydrogen (secondary N) is 3. The summed E-state index contributed by atoms with van der Waals surface area (Å²) in [6.45, 7) is 3.78. The van der Waals surface area contributed by atoms with Gasteiger partial charge in [-0.25, -0.2) is 4.79 Å². The van der Waals surface area contributed by atoms with Gasteiger partial charge < -0.3 is 16.4 Å². The van der Waals surface area contributed by atoms with Gasteiger partial charge >= 0.3 is 6.03 Å². The lowest BCUT2D eigenvalue weighted by atomic mass is 10.0. The van der Waals surface area contributed by atoms with Crippen LogP contribution in [0.3, 0.4) is 0 Å². The molecule has 0 aliphatic rings. The number of amides is 2. The maximum absolute atomic E-state index is 10.9. The first-order valence-electron chi connectivity index (χ1n) is 3.81. The van der Waals surface area contributed by atoms with Gasteiger partial charge in [0.2, 0.25) is 0 Å². The Bertz CT molecular complexity index is 178. The molecule has 1 atom stereocenters. The number of urea groups is 1. The number of carbonyl (C=O) groups excluding carboxylic acids is 1. The number of amidine groups is 1. The number of rotatable bonds is 3. The van der Waals surface area contributed by atoms with E-state index in [0.717, 1.165) is 0 Å². The molecule has 0 rings (SSSR count). The third kappa shape index (κ3) is 3.23. The molecule has 0 aromatic heterocycles. The summed E-state index contributed by atoms with van der Waals surface area (Å²) in [5, 5.41) is 12.2. The summed E-state index contributed by atoms with van der Waals surface area (Å²) in [5.41, 5.74) is 5.28. The molecule has 0 saturated heterocycles. The molecule has 0 spiro atoms. The van der Waals surface area contributed by atoms with Crippen molar-refractivity contribution in [3.05, 3.63) is 0 Å². The fraction of sp³-hybridized carbons (Fsp3) is 0.714. The van der Waals surface area contributed by atoms with Crippen LogP contribution in [0.2, 0.25) is 0 Å². The second-order valence-electron chi connectivity index (χ2n) is 2.90. The van der Waals surface area contributed by atoms with Gasteiger partial charge in [-0.3, -0.25) is 5.41 Å². The molecule has 2 amide bonds. The van der Waals surface area contributed by atoms with Crippen LogP contribution in [0.15, 0.2) is 0 Å². The minimum atomic E-state index is -0.384. The Balaban J connectivity index is 4.14. The zero-order chi connectivity index (χ0) is 9.72. The van der Waals surface area contributed by atoms with E-state index in [4.69, 9.17) is 11.1 Å². The minimum Gasteiger partial charge on any atom is -0.386 e. The van der Waals surface area contributed by atoms with Crippen molar-refractivity contribution in [2.24, 2.45) is 11.7 Å². The highest BCUT2D eigenvalue weighted by Crippen LogP contribution is 1.99. The lowest BCUT2D eigenvalue weighted by Crippen LogP contribution is -2.50. The summed E-state index contributed by atoms with van der Waals surface area (Å²) in [6.07, 6.45) is 0. The molecule has 1 unspecified atom stereocenters. The maximum atomic E-state index is 10.9. The van der Waals surface area contributed by atoms with Crippen LogP contribution in [0.25, 0.3) is 0 Å².